The van der Waals surface area contributed by atoms with Crippen LogP contribution in [-0.2, 0) is 14.3 Å². The Labute approximate surface area is 127 Å². The highest BCUT2D eigenvalue weighted by molar-refractivity contribution is 5.79. The van der Waals surface area contributed by atoms with E-state index in [0.717, 1.165) is 31.6 Å². The number of aliphatic carboxylic acids is 1. The first-order valence-corrected chi connectivity index (χ1v) is 8.39. The van der Waals surface area contributed by atoms with Crippen LogP contribution in [0, 0.1) is 23.7 Å². The highest BCUT2D eigenvalue weighted by Gasteiger charge is 2.44. The molecule has 0 heterocycles. The lowest BCUT2D eigenvalue weighted by atomic mass is 9.56. The number of carboxylic acids is 1. The van der Waals surface area contributed by atoms with Gasteiger partial charge in [0.15, 0.2) is 0 Å². The molecule has 4 nitrogen and oxygen atoms in total. The summed E-state index contributed by atoms with van der Waals surface area (Å²) in [5, 5.41) is 8.47. The minimum atomic E-state index is -0.905. The highest BCUT2D eigenvalue weighted by Crippen LogP contribution is 2.50. The van der Waals surface area contributed by atoms with Gasteiger partial charge in [-0.2, -0.15) is 0 Å². The van der Waals surface area contributed by atoms with Crippen molar-refractivity contribution in [2.75, 3.05) is 13.2 Å². The Hall–Kier alpha value is -0.900. The number of carboxylic acid groups (broad SMARTS) is 1. The number of carbonyl (C=O) groups is 2. The third kappa shape index (κ3) is 4.53. The molecule has 0 aromatic rings. The van der Waals surface area contributed by atoms with Gasteiger partial charge in [-0.3, -0.25) is 4.79 Å². The van der Waals surface area contributed by atoms with E-state index in [4.69, 9.17) is 9.84 Å². The van der Waals surface area contributed by atoms with Gasteiger partial charge in [0.1, 0.15) is 12.4 Å². The van der Waals surface area contributed by atoms with Crippen LogP contribution in [0.4, 0.5) is 0 Å². The molecule has 3 saturated carbocycles. The quantitative estimate of drug-likeness (QED) is 0.663. The van der Waals surface area contributed by atoms with E-state index >= 15 is 0 Å². The van der Waals surface area contributed by atoms with Gasteiger partial charge in [0.05, 0.1) is 0 Å². The lowest BCUT2D eigenvalue weighted by Crippen LogP contribution is -2.43. The summed E-state index contributed by atoms with van der Waals surface area (Å²) < 4.78 is 5.04. The average Bonchev–Trinajstić information content (AvgIpc) is 2.46. The van der Waals surface area contributed by atoms with Crippen LogP contribution in [0.2, 0.25) is 0 Å². The van der Waals surface area contributed by atoms with E-state index in [-0.39, 0.29) is 6.61 Å². The zero-order valence-corrected chi connectivity index (χ0v) is 13.1. The molecule has 0 spiro atoms. The van der Waals surface area contributed by atoms with Crippen LogP contribution in [0.5, 0.6) is 0 Å². The summed E-state index contributed by atoms with van der Waals surface area (Å²) in [5.41, 5.74) is 0. The lowest BCUT2D eigenvalue weighted by molar-refractivity contribution is -0.142. The van der Waals surface area contributed by atoms with Gasteiger partial charge in [-0.1, -0.05) is 12.8 Å². The third-order valence-electron chi connectivity index (χ3n) is 5.41. The Morgan fingerprint density at radius 3 is 2.33 bits per heavy atom. The van der Waals surface area contributed by atoms with E-state index in [0.29, 0.717) is 30.1 Å². The van der Waals surface area contributed by atoms with Gasteiger partial charge in [-0.25, -0.2) is 4.79 Å². The summed E-state index contributed by atoms with van der Waals surface area (Å²) in [6.45, 7) is 2.11. The maximum Gasteiger partial charge on any atom is 0.329 e. The molecule has 120 valence electrons. The molecule has 1 N–H and O–H groups in total. The Balaban J connectivity index is 1.67. The largest absolute Gasteiger partial charge is 0.480 e. The number of carbonyl (C=O) groups excluding carboxylic acids is 1. The zero-order chi connectivity index (χ0) is 15.2. The fraction of sp³-hybridized carbons (Fsp3) is 0.882. The summed E-state index contributed by atoms with van der Waals surface area (Å²) in [4.78, 5) is 22.3. The monoisotopic (exact) mass is 296 g/mol. The van der Waals surface area contributed by atoms with Gasteiger partial charge in [0, 0.05) is 12.5 Å². The molecule has 2 atom stereocenters. The Bertz CT molecular complexity index is 358. The number of hydrogen-bond acceptors (Lipinski definition) is 3. The molecule has 0 aliphatic heterocycles. The van der Waals surface area contributed by atoms with Crippen molar-refractivity contribution in [2.24, 2.45) is 23.7 Å². The van der Waals surface area contributed by atoms with E-state index in [1.807, 2.05) is 0 Å². The molecule has 0 unspecified atom stereocenters. The predicted molar refractivity (Wildman–Crippen MR) is 80.0 cm³/mol. The first-order chi connectivity index (χ1) is 10.1. The van der Waals surface area contributed by atoms with Crippen molar-refractivity contribution in [3.8, 4) is 0 Å². The van der Waals surface area contributed by atoms with Crippen molar-refractivity contribution in [3.05, 3.63) is 0 Å². The highest BCUT2D eigenvalue weighted by atomic mass is 16.5. The van der Waals surface area contributed by atoms with Gasteiger partial charge in [0.25, 0.3) is 0 Å². The molecule has 3 fully saturated rings. The molecule has 0 saturated heterocycles. The first kappa shape index (κ1) is 16.5. The van der Waals surface area contributed by atoms with Crippen LogP contribution >= 0.6 is 0 Å². The van der Waals surface area contributed by atoms with Crippen LogP contribution < -0.4 is 0 Å². The van der Waals surface area contributed by atoms with Gasteiger partial charge < -0.3 is 9.84 Å². The Kier molecular flexibility index (Phi) is 6.22. The number of fused-ring (bicyclic) bond motifs is 3. The Morgan fingerprint density at radius 2 is 1.71 bits per heavy atom. The van der Waals surface area contributed by atoms with Crippen LogP contribution in [0.15, 0.2) is 0 Å². The minimum Gasteiger partial charge on any atom is -0.480 e. The summed E-state index contributed by atoms with van der Waals surface area (Å²) in [6.07, 6.45) is 9.43. The molecule has 4 heteroatoms. The second kappa shape index (κ2) is 7.92. The van der Waals surface area contributed by atoms with E-state index in [1.54, 1.807) is 6.92 Å². The van der Waals surface area contributed by atoms with E-state index in [1.165, 1.54) is 25.7 Å². The van der Waals surface area contributed by atoms with E-state index in [2.05, 4.69) is 0 Å². The molecule has 0 radical (unpaired) electrons. The van der Waals surface area contributed by atoms with Gasteiger partial charge in [0.2, 0.25) is 0 Å². The van der Waals surface area contributed by atoms with Crippen LogP contribution in [-0.4, -0.2) is 30.1 Å². The smallest absolute Gasteiger partial charge is 0.329 e. The number of ketones is 1. The van der Waals surface area contributed by atoms with Gasteiger partial charge >= 0.3 is 5.97 Å². The standard InChI is InChI=1S/C17H28O4/c1-12(18)17-14-8-6-13(7-9-14)15(17)5-3-2-4-10-21-11-16(19)20/h13-15,17H,2-11H2,1H3,(H,19,20)/t13?,14?,15-,17-/m0/s1. The van der Waals surface area contributed by atoms with Crippen LogP contribution in [0.1, 0.15) is 58.3 Å². The molecule has 21 heavy (non-hydrogen) atoms. The fourth-order valence-electron chi connectivity index (χ4n) is 4.54. The molecule has 0 aromatic heterocycles. The maximum atomic E-state index is 12.0. The van der Waals surface area contributed by atoms with Crippen molar-refractivity contribution in [3.63, 3.8) is 0 Å². The summed E-state index contributed by atoms with van der Waals surface area (Å²) in [7, 11) is 0. The molecule has 3 aliphatic carbocycles. The fourth-order valence-corrected chi connectivity index (χ4v) is 4.54. The molecular formula is C17H28O4. The van der Waals surface area contributed by atoms with Gasteiger partial charge in [-0.05, 0) is 63.2 Å². The Morgan fingerprint density at radius 1 is 1.05 bits per heavy atom. The van der Waals surface area contributed by atoms with Crippen molar-refractivity contribution in [2.45, 2.75) is 58.3 Å². The third-order valence-corrected chi connectivity index (χ3v) is 5.41. The van der Waals surface area contributed by atoms with E-state index in [9.17, 15) is 9.59 Å². The van der Waals surface area contributed by atoms with Crippen LogP contribution in [0.3, 0.4) is 0 Å². The van der Waals surface area contributed by atoms with Crippen molar-refractivity contribution < 1.29 is 19.4 Å². The summed E-state index contributed by atoms with van der Waals surface area (Å²) >= 11 is 0. The minimum absolute atomic E-state index is 0.196. The molecule has 0 aromatic carbocycles. The predicted octanol–water partition coefficient (Wildman–Crippen LogP) is 3.29. The maximum absolute atomic E-state index is 12.0. The SMILES string of the molecule is CC(=O)[C@H]1C2CCC(CC2)[C@@H]1CCCCCOCC(=O)O. The van der Waals surface area contributed by atoms with Crippen molar-refractivity contribution >= 4 is 11.8 Å². The van der Waals surface area contributed by atoms with E-state index < -0.39 is 5.97 Å². The number of ether oxygens (including phenoxy) is 1. The normalized spacial score (nSPS) is 31.3. The molecule has 3 aliphatic rings. The summed E-state index contributed by atoms with van der Waals surface area (Å²) in [6, 6.07) is 0. The topological polar surface area (TPSA) is 63.6 Å². The van der Waals surface area contributed by atoms with Crippen LogP contribution in [0.25, 0.3) is 0 Å². The zero-order valence-electron chi connectivity index (χ0n) is 13.1. The number of Topliss-reactive ketones (excluding diaryl/α,β-unsaturated/α-hetero) is 1. The lowest BCUT2D eigenvalue weighted by Gasteiger charge is -2.48. The molecular weight excluding hydrogens is 268 g/mol. The first-order valence-electron chi connectivity index (χ1n) is 8.39. The second-order valence-electron chi connectivity index (χ2n) is 6.77. The number of rotatable bonds is 9. The number of unbranched alkanes of at least 4 members (excludes halogenated alkanes) is 2. The van der Waals surface area contributed by atoms with Crippen molar-refractivity contribution in [1.82, 2.24) is 0 Å². The second-order valence-corrected chi connectivity index (χ2v) is 6.77. The average molecular weight is 296 g/mol. The van der Waals surface area contributed by atoms with Crippen molar-refractivity contribution in [1.29, 1.82) is 0 Å². The summed E-state index contributed by atoms with van der Waals surface area (Å²) in [5.74, 6) is 1.84. The van der Waals surface area contributed by atoms with Gasteiger partial charge in [-0.15, -0.1) is 0 Å². The number of hydrogen-bond donors (Lipinski definition) is 1. The molecule has 0 amide bonds. The molecule has 3 rings (SSSR count). The molecule has 2 bridgehead atoms.